The van der Waals surface area contributed by atoms with E-state index < -0.39 is 6.04 Å². The molecule has 1 aliphatic carbocycles. The lowest BCUT2D eigenvalue weighted by Crippen LogP contribution is -2.51. The van der Waals surface area contributed by atoms with E-state index in [0.717, 1.165) is 25.0 Å². The van der Waals surface area contributed by atoms with Gasteiger partial charge in [0.2, 0.25) is 11.8 Å². The molecule has 166 valence electrons. The molecular weight excluding hydrogens is 404 g/mol. The Morgan fingerprint density at radius 2 is 1.58 bits per heavy atom. The second-order valence-electron chi connectivity index (χ2n) is 8.32. The molecule has 0 aromatic heterocycles. The van der Waals surface area contributed by atoms with Gasteiger partial charge in [-0.1, -0.05) is 79.9 Å². The molecule has 0 spiro atoms. The third kappa shape index (κ3) is 7.73. The quantitative estimate of drug-likeness (QED) is 0.578. The minimum absolute atomic E-state index is 0.0265. The summed E-state index contributed by atoms with van der Waals surface area (Å²) >= 11 is 1.61. The Balaban J connectivity index is 1.59. The van der Waals surface area contributed by atoms with E-state index >= 15 is 0 Å². The molecule has 1 fully saturated rings. The highest BCUT2D eigenvalue weighted by Crippen LogP contribution is 2.18. The summed E-state index contributed by atoms with van der Waals surface area (Å²) in [6, 6.07) is 20.1. The molecule has 1 atom stereocenters. The molecule has 5 heteroatoms. The molecule has 1 aliphatic rings. The Morgan fingerprint density at radius 3 is 2.23 bits per heavy atom. The molecule has 2 amide bonds. The summed E-state index contributed by atoms with van der Waals surface area (Å²) in [6.45, 7) is 2.41. The molecule has 4 nitrogen and oxygen atoms in total. The van der Waals surface area contributed by atoms with Gasteiger partial charge >= 0.3 is 0 Å². The van der Waals surface area contributed by atoms with Crippen LogP contribution in [0.2, 0.25) is 0 Å². The largest absolute Gasteiger partial charge is 0.352 e. The maximum atomic E-state index is 13.1. The van der Waals surface area contributed by atoms with Gasteiger partial charge in [-0.05, 0) is 37.3 Å². The highest BCUT2D eigenvalue weighted by atomic mass is 32.2. The number of rotatable bonds is 10. The minimum atomic E-state index is -0.463. The molecule has 2 aromatic rings. The lowest BCUT2D eigenvalue weighted by atomic mass is 9.95. The molecule has 0 bridgehead atoms. The van der Waals surface area contributed by atoms with Gasteiger partial charge in [-0.25, -0.2) is 0 Å². The molecule has 0 heterocycles. The molecule has 1 saturated carbocycles. The van der Waals surface area contributed by atoms with Crippen molar-refractivity contribution < 1.29 is 9.59 Å². The number of hydrogen-bond acceptors (Lipinski definition) is 3. The second-order valence-corrected chi connectivity index (χ2v) is 9.31. The predicted molar refractivity (Wildman–Crippen MR) is 129 cm³/mol. The van der Waals surface area contributed by atoms with Crippen LogP contribution in [0.1, 0.15) is 50.2 Å². The van der Waals surface area contributed by atoms with Crippen molar-refractivity contribution in [2.24, 2.45) is 0 Å². The van der Waals surface area contributed by atoms with Crippen LogP contribution in [0.15, 0.2) is 60.7 Å². The van der Waals surface area contributed by atoms with Crippen LogP contribution in [0.3, 0.4) is 0 Å². The van der Waals surface area contributed by atoms with Crippen LogP contribution < -0.4 is 5.32 Å². The fourth-order valence-electron chi connectivity index (χ4n) is 4.05. The highest BCUT2D eigenvalue weighted by molar-refractivity contribution is 7.99. The summed E-state index contributed by atoms with van der Waals surface area (Å²) in [4.78, 5) is 27.8. The summed E-state index contributed by atoms with van der Waals surface area (Å²) in [5.74, 6) is 1.18. The van der Waals surface area contributed by atoms with Crippen molar-refractivity contribution in [2.45, 2.75) is 63.3 Å². The van der Waals surface area contributed by atoms with E-state index in [1.807, 2.05) is 43.3 Å². The summed E-state index contributed by atoms with van der Waals surface area (Å²) < 4.78 is 0. The maximum Gasteiger partial charge on any atom is 0.242 e. The number of nitrogens with one attached hydrogen (secondary N) is 1. The molecular formula is C26H34N2O2S. The average Bonchev–Trinajstić information content (AvgIpc) is 2.81. The topological polar surface area (TPSA) is 49.4 Å². The lowest BCUT2D eigenvalue weighted by molar-refractivity contribution is -0.138. The standard InChI is InChI=1S/C26H34N2O2S/c1-21(26(30)27-24-15-9-4-10-16-24)28(18-17-22-11-5-2-6-12-22)25(29)20-31-19-23-13-7-3-8-14-23/h2-3,5-8,11-14,21,24H,4,9-10,15-20H2,1H3,(H,27,30)/t21-/m0/s1. The van der Waals surface area contributed by atoms with Crippen molar-refractivity contribution in [2.75, 3.05) is 12.3 Å². The minimum Gasteiger partial charge on any atom is -0.352 e. The van der Waals surface area contributed by atoms with Gasteiger partial charge in [0.1, 0.15) is 6.04 Å². The van der Waals surface area contributed by atoms with E-state index in [1.165, 1.54) is 30.4 Å². The first-order valence-corrected chi connectivity index (χ1v) is 12.5. The Hall–Kier alpha value is -2.27. The monoisotopic (exact) mass is 438 g/mol. The SMILES string of the molecule is C[C@@H](C(=O)NC1CCCCC1)N(CCc1ccccc1)C(=O)CSCc1ccccc1. The van der Waals surface area contributed by atoms with Crippen LogP contribution in [0.25, 0.3) is 0 Å². The lowest BCUT2D eigenvalue weighted by Gasteiger charge is -2.31. The number of thioether (sulfide) groups is 1. The van der Waals surface area contributed by atoms with E-state index in [9.17, 15) is 9.59 Å². The van der Waals surface area contributed by atoms with Gasteiger partial charge in [0.25, 0.3) is 0 Å². The molecule has 0 aliphatic heterocycles. The van der Waals surface area contributed by atoms with Crippen molar-refractivity contribution in [3.05, 3.63) is 71.8 Å². The third-order valence-electron chi connectivity index (χ3n) is 5.94. The van der Waals surface area contributed by atoms with E-state index in [0.29, 0.717) is 12.3 Å². The molecule has 0 saturated heterocycles. The van der Waals surface area contributed by atoms with Gasteiger partial charge in [-0.2, -0.15) is 0 Å². The summed E-state index contributed by atoms with van der Waals surface area (Å²) in [6.07, 6.45) is 6.43. The van der Waals surface area contributed by atoms with Gasteiger partial charge in [0, 0.05) is 18.3 Å². The van der Waals surface area contributed by atoms with E-state index in [-0.39, 0.29) is 17.9 Å². The first-order chi connectivity index (χ1) is 15.1. The Bertz CT molecular complexity index is 807. The van der Waals surface area contributed by atoms with Gasteiger partial charge in [0.05, 0.1) is 5.75 Å². The molecule has 3 rings (SSSR count). The number of benzene rings is 2. The highest BCUT2D eigenvalue weighted by Gasteiger charge is 2.27. The second kappa shape index (κ2) is 12.6. The van der Waals surface area contributed by atoms with Crippen molar-refractivity contribution in [1.29, 1.82) is 0 Å². The van der Waals surface area contributed by atoms with Crippen molar-refractivity contribution >= 4 is 23.6 Å². The zero-order chi connectivity index (χ0) is 21.9. The van der Waals surface area contributed by atoms with Gasteiger partial charge in [-0.15, -0.1) is 11.8 Å². The van der Waals surface area contributed by atoms with Crippen molar-refractivity contribution in [3.8, 4) is 0 Å². The maximum absolute atomic E-state index is 13.1. The first kappa shape index (κ1) is 23.4. The fraction of sp³-hybridized carbons (Fsp3) is 0.462. The number of amides is 2. The van der Waals surface area contributed by atoms with Crippen LogP contribution in [0.4, 0.5) is 0 Å². The van der Waals surface area contributed by atoms with E-state index in [2.05, 4.69) is 29.6 Å². The number of hydrogen-bond donors (Lipinski definition) is 1. The predicted octanol–water partition coefficient (Wildman–Crippen LogP) is 4.83. The summed E-state index contributed by atoms with van der Waals surface area (Å²) in [5.41, 5.74) is 2.39. The molecule has 0 radical (unpaired) electrons. The average molecular weight is 439 g/mol. The zero-order valence-electron chi connectivity index (χ0n) is 18.5. The summed E-state index contributed by atoms with van der Waals surface area (Å²) in [5, 5.41) is 3.19. The van der Waals surface area contributed by atoms with Gasteiger partial charge < -0.3 is 10.2 Å². The zero-order valence-corrected chi connectivity index (χ0v) is 19.3. The normalized spacial score (nSPS) is 15.3. The van der Waals surface area contributed by atoms with Crippen molar-refractivity contribution in [3.63, 3.8) is 0 Å². The summed E-state index contributed by atoms with van der Waals surface area (Å²) in [7, 11) is 0. The van der Waals surface area contributed by atoms with E-state index in [4.69, 9.17) is 0 Å². The van der Waals surface area contributed by atoms with Crippen LogP contribution in [-0.2, 0) is 21.8 Å². The van der Waals surface area contributed by atoms with Crippen LogP contribution in [0.5, 0.6) is 0 Å². The Labute approximate surface area is 190 Å². The number of carbonyl (C=O) groups is 2. The van der Waals surface area contributed by atoms with Gasteiger partial charge in [-0.3, -0.25) is 9.59 Å². The number of nitrogens with zero attached hydrogens (tertiary/aromatic N) is 1. The molecule has 2 aromatic carbocycles. The number of carbonyl (C=O) groups excluding carboxylic acids is 2. The molecule has 1 N–H and O–H groups in total. The van der Waals surface area contributed by atoms with Crippen molar-refractivity contribution in [1.82, 2.24) is 10.2 Å². The van der Waals surface area contributed by atoms with E-state index in [1.54, 1.807) is 16.7 Å². The molecule has 0 unspecified atom stereocenters. The molecule has 31 heavy (non-hydrogen) atoms. The Morgan fingerprint density at radius 1 is 0.968 bits per heavy atom. The van der Waals surface area contributed by atoms with Crippen LogP contribution in [0, 0.1) is 0 Å². The fourth-order valence-corrected chi connectivity index (χ4v) is 4.92. The first-order valence-electron chi connectivity index (χ1n) is 11.4. The van der Waals surface area contributed by atoms with Crippen LogP contribution in [-0.4, -0.2) is 41.1 Å². The van der Waals surface area contributed by atoms with Gasteiger partial charge in [0.15, 0.2) is 0 Å². The Kier molecular flexibility index (Phi) is 9.47. The third-order valence-corrected chi connectivity index (χ3v) is 6.93. The van der Waals surface area contributed by atoms with Crippen LogP contribution >= 0.6 is 11.8 Å². The smallest absolute Gasteiger partial charge is 0.242 e.